The van der Waals surface area contributed by atoms with E-state index in [0.717, 1.165) is 4.31 Å². The molecule has 1 N–H and O–H groups in total. The average molecular weight is 356 g/mol. The SMILES string of the molecule is CN(C)S(=O)(=O)c1ccc(NC(=O)c2cnc3ccccc3n2)cc1. The fourth-order valence-electron chi connectivity index (χ4n) is 2.18. The molecule has 0 spiro atoms. The highest BCUT2D eigenvalue weighted by molar-refractivity contribution is 7.89. The van der Waals surface area contributed by atoms with Crippen LogP contribution in [0.1, 0.15) is 10.5 Å². The molecule has 25 heavy (non-hydrogen) atoms. The second-order valence-corrected chi connectivity index (χ2v) is 7.66. The lowest BCUT2D eigenvalue weighted by Crippen LogP contribution is -2.22. The molecule has 0 aliphatic heterocycles. The molecule has 0 saturated carbocycles. The van der Waals surface area contributed by atoms with E-state index in [0.29, 0.717) is 16.7 Å². The topological polar surface area (TPSA) is 92.3 Å². The number of rotatable bonds is 4. The van der Waals surface area contributed by atoms with Crippen molar-refractivity contribution in [2.75, 3.05) is 19.4 Å². The van der Waals surface area contributed by atoms with Crippen LogP contribution in [0.15, 0.2) is 59.6 Å². The highest BCUT2D eigenvalue weighted by atomic mass is 32.2. The van der Waals surface area contributed by atoms with Crippen LogP contribution in [-0.2, 0) is 10.0 Å². The monoisotopic (exact) mass is 356 g/mol. The van der Waals surface area contributed by atoms with Crippen molar-refractivity contribution >= 4 is 32.7 Å². The molecule has 0 aliphatic rings. The van der Waals surface area contributed by atoms with Gasteiger partial charge in [-0.25, -0.2) is 17.7 Å². The molecule has 1 aromatic heterocycles. The second kappa shape index (κ2) is 6.58. The molecule has 2 aromatic carbocycles. The van der Waals surface area contributed by atoms with Crippen LogP contribution in [0.2, 0.25) is 0 Å². The van der Waals surface area contributed by atoms with Crippen LogP contribution in [0.3, 0.4) is 0 Å². The number of carbonyl (C=O) groups excluding carboxylic acids is 1. The van der Waals surface area contributed by atoms with Gasteiger partial charge < -0.3 is 5.32 Å². The van der Waals surface area contributed by atoms with E-state index in [2.05, 4.69) is 15.3 Å². The van der Waals surface area contributed by atoms with Crippen molar-refractivity contribution in [2.24, 2.45) is 0 Å². The van der Waals surface area contributed by atoms with Gasteiger partial charge in [0.2, 0.25) is 10.0 Å². The molecule has 1 amide bonds. The minimum absolute atomic E-state index is 0.154. The maximum Gasteiger partial charge on any atom is 0.275 e. The van der Waals surface area contributed by atoms with Crippen molar-refractivity contribution in [3.05, 3.63) is 60.4 Å². The molecule has 0 aliphatic carbocycles. The summed E-state index contributed by atoms with van der Waals surface area (Å²) in [6.45, 7) is 0. The van der Waals surface area contributed by atoms with E-state index in [1.54, 1.807) is 6.07 Å². The normalized spacial score (nSPS) is 11.6. The Bertz CT molecular complexity index is 1030. The fourth-order valence-corrected chi connectivity index (χ4v) is 3.08. The standard InChI is InChI=1S/C17H16N4O3S/c1-21(2)25(23,24)13-9-7-12(8-10-13)19-17(22)16-11-18-14-5-3-4-6-15(14)20-16/h3-11H,1-2H3,(H,19,22). The largest absolute Gasteiger partial charge is 0.321 e. The first kappa shape index (κ1) is 17.0. The Hall–Kier alpha value is -2.84. The van der Waals surface area contributed by atoms with Crippen LogP contribution in [0, 0.1) is 0 Å². The zero-order valence-corrected chi connectivity index (χ0v) is 14.5. The van der Waals surface area contributed by atoms with Gasteiger partial charge in [0.1, 0.15) is 5.69 Å². The number of nitrogens with one attached hydrogen (secondary N) is 1. The lowest BCUT2D eigenvalue weighted by atomic mass is 10.3. The number of hydrogen-bond donors (Lipinski definition) is 1. The molecule has 0 bridgehead atoms. The summed E-state index contributed by atoms with van der Waals surface area (Å²) in [6.07, 6.45) is 1.41. The van der Waals surface area contributed by atoms with Gasteiger partial charge in [0.15, 0.2) is 0 Å². The second-order valence-electron chi connectivity index (χ2n) is 5.51. The minimum Gasteiger partial charge on any atom is -0.321 e. The Morgan fingerprint density at radius 3 is 2.28 bits per heavy atom. The van der Waals surface area contributed by atoms with Gasteiger partial charge in [-0.05, 0) is 36.4 Å². The molecule has 0 atom stereocenters. The number of amides is 1. The smallest absolute Gasteiger partial charge is 0.275 e. The lowest BCUT2D eigenvalue weighted by Gasteiger charge is -2.12. The maximum atomic E-state index is 12.3. The first-order chi connectivity index (χ1) is 11.9. The summed E-state index contributed by atoms with van der Waals surface area (Å²) in [5.41, 5.74) is 1.99. The third-order valence-electron chi connectivity index (χ3n) is 3.57. The average Bonchev–Trinajstić information content (AvgIpc) is 2.61. The van der Waals surface area contributed by atoms with Gasteiger partial charge >= 0.3 is 0 Å². The number of anilines is 1. The molecule has 0 unspecified atom stereocenters. The van der Waals surface area contributed by atoms with Gasteiger partial charge in [-0.3, -0.25) is 9.78 Å². The summed E-state index contributed by atoms with van der Waals surface area (Å²) in [6, 6.07) is 13.2. The molecule has 0 saturated heterocycles. The number of para-hydroxylation sites is 2. The molecule has 0 radical (unpaired) electrons. The van der Waals surface area contributed by atoms with Crippen LogP contribution in [0.5, 0.6) is 0 Å². The van der Waals surface area contributed by atoms with E-state index in [1.165, 1.54) is 44.6 Å². The van der Waals surface area contributed by atoms with Crippen molar-refractivity contribution < 1.29 is 13.2 Å². The summed E-state index contributed by atoms with van der Waals surface area (Å²) in [4.78, 5) is 20.9. The number of aromatic nitrogens is 2. The van der Waals surface area contributed by atoms with Gasteiger partial charge in [0, 0.05) is 19.8 Å². The van der Waals surface area contributed by atoms with E-state index in [1.807, 2.05) is 18.2 Å². The summed E-state index contributed by atoms with van der Waals surface area (Å²) in [5.74, 6) is -0.415. The Kier molecular flexibility index (Phi) is 4.47. The number of benzene rings is 2. The first-order valence-electron chi connectivity index (χ1n) is 7.43. The van der Waals surface area contributed by atoms with Crippen molar-refractivity contribution in [3.63, 3.8) is 0 Å². The number of nitrogens with zero attached hydrogens (tertiary/aromatic N) is 3. The van der Waals surface area contributed by atoms with Gasteiger partial charge in [0.25, 0.3) is 5.91 Å². The molecular weight excluding hydrogens is 340 g/mol. The van der Waals surface area contributed by atoms with Gasteiger partial charge in [-0.2, -0.15) is 0 Å². The van der Waals surface area contributed by atoms with Crippen LogP contribution in [0.4, 0.5) is 5.69 Å². The summed E-state index contributed by atoms with van der Waals surface area (Å²) in [5, 5.41) is 2.68. The van der Waals surface area contributed by atoms with Crippen molar-refractivity contribution in [2.45, 2.75) is 4.90 Å². The van der Waals surface area contributed by atoms with Crippen LogP contribution >= 0.6 is 0 Å². The van der Waals surface area contributed by atoms with E-state index >= 15 is 0 Å². The summed E-state index contributed by atoms with van der Waals surface area (Å²) >= 11 is 0. The van der Waals surface area contributed by atoms with Gasteiger partial charge in [0.05, 0.1) is 22.1 Å². The van der Waals surface area contributed by atoms with E-state index < -0.39 is 15.9 Å². The molecule has 3 rings (SSSR count). The minimum atomic E-state index is -3.50. The molecule has 8 heteroatoms. The zero-order chi connectivity index (χ0) is 18.0. The van der Waals surface area contributed by atoms with Gasteiger partial charge in [-0.15, -0.1) is 0 Å². The number of sulfonamides is 1. The first-order valence-corrected chi connectivity index (χ1v) is 8.88. The Labute approximate surface area is 145 Å². The van der Waals surface area contributed by atoms with E-state index in [9.17, 15) is 13.2 Å². The third kappa shape index (κ3) is 3.49. The Morgan fingerprint density at radius 2 is 1.64 bits per heavy atom. The fraction of sp³-hybridized carbons (Fsp3) is 0.118. The number of hydrogen-bond acceptors (Lipinski definition) is 5. The summed E-state index contributed by atoms with van der Waals surface area (Å²) in [7, 11) is -0.577. The lowest BCUT2D eigenvalue weighted by molar-refractivity contribution is 0.102. The highest BCUT2D eigenvalue weighted by Gasteiger charge is 2.17. The quantitative estimate of drug-likeness (QED) is 0.773. The predicted molar refractivity (Wildman–Crippen MR) is 94.8 cm³/mol. The van der Waals surface area contributed by atoms with Crippen molar-refractivity contribution in [3.8, 4) is 0 Å². The number of fused-ring (bicyclic) bond motifs is 1. The third-order valence-corrected chi connectivity index (χ3v) is 5.40. The molecule has 0 fully saturated rings. The number of carbonyl (C=O) groups is 1. The molecule has 7 nitrogen and oxygen atoms in total. The van der Waals surface area contributed by atoms with Crippen molar-refractivity contribution in [1.29, 1.82) is 0 Å². The maximum absolute atomic E-state index is 12.3. The molecular formula is C17H16N4O3S. The van der Waals surface area contributed by atoms with Crippen molar-refractivity contribution in [1.82, 2.24) is 14.3 Å². The van der Waals surface area contributed by atoms with Crippen LogP contribution < -0.4 is 5.32 Å². The van der Waals surface area contributed by atoms with E-state index in [-0.39, 0.29) is 10.6 Å². The Balaban J connectivity index is 1.80. The van der Waals surface area contributed by atoms with Crippen LogP contribution in [-0.4, -0.2) is 42.7 Å². The predicted octanol–water partition coefficient (Wildman–Crippen LogP) is 2.13. The highest BCUT2D eigenvalue weighted by Crippen LogP contribution is 2.17. The van der Waals surface area contributed by atoms with Gasteiger partial charge in [-0.1, -0.05) is 12.1 Å². The summed E-state index contributed by atoms with van der Waals surface area (Å²) < 4.78 is 25.2. The molecule has 128 valence electrons. The molecule has 3 aromatic rings. The van der Waals surface area contributed by atoms with Crippen LogP contribution in [0.25, 0.3) is 11.0 Å². The Morgan fingerprint density at radius 1 is 1.00 bits per heavy atom. The zero-order valence-electron chi connectivity index (χ0n) is 13.7. The van der Waals surface area contributed by atoms with E-state index in [4.69, 9.17) is 0 Å². The molecule has 1 heterocycles.